The number of aliphatic imine (C=N–C) groups is 1. The maximum Gasteiger partial charge on any atom is 0.416 e. The van der Waals surface area contributed by atoms with Gasteiger partial charge in [-0.25, -0.2) is 4.79 Å². The number of rotatable bonds is 5. The van der Waals surface area contributed by atoms with E-state index in [-0.39, 0.29) is 35.3 Å². The van der Waals surface area contributed by atoms with Crippen molar-refractivity contribution in [1.82, 2.24) is 0 Å². The molecule has 0 spiro atoms. The first-order valence-electron chi connectivity index (χ1n) is 9.93. The van der Waals surface area contributed by atoms with Crippen LogP contribution in [-0.4, -0.2) is 44.1 Å². The van der Waals surface area contributed by atoms with Gasteiger partial charge < -0.3 is 14.2 Å². The van der Waals surface area contributed by atoms with Crippen molar-refractivity contribution < 1.29 is 37.0 Å². The molecule has 1 aromatic rings. The summed E-state index contributed by atoms with van der Waals surface area (Å²) < 4.78 is 57.1. The third-order valence-electron chi connectivity index (χ3n) is 5.53. The summed E-state index contributed by atoms with van der Waals surface area (Å²) in [5.74, 6) is -4.04. The molecule has 3 atom stereocenters. The van der Waals surface area contributed by atoms with Crippen LogP contribution in [0.5, 0.6) is 0 Å². The van der Waals surface area contributed by atoms with Gasteiger partial charge in [0.25, 0.3) is 0 Å². The van der Waals surface area contributed by atoms with Gasteiger partial charge >= 0.3 is 18.1 Å². The third kappa shape index (κ3) is 4.81. The average molecular weight is 439 g/mol. The summed E-state index contributed by atoms with van der Waals surface area (Å²) in [5, 5.41) is 0. The first kappa shape index (κ1) is 23.0. The van der Waals surface area contributed by atoms with E-state index in [2.05, 4.69) is 4.99 Å². The molecule has 0 aliphatic carbocycles. The van der Waals surface area contributed by atoms with Gasteiger partial charge in [0.05, 0.1) is 24.4 Å². The smallest absolute Gasteiger partial charge is 0.416 e. The maximum atomic E-state index is 13.8. The standard InChI is InChI=1S/C22H24F3NO5/c1-12-17(20(27)29-3)19(15-8-4-5-9-16(15)22(23,24)25)18(13(2)26-12)21(28)31-11-14-7-6-10-30-14/h4-5,8-9,14,17,19H,6-7,10-11H2,1-3H3. The molecule has 168 valence electrons. The lowest BCUT2D eigenvalue weighted by atomic mass is 9.74. The minimum Gasteiger partial charge on any atom is -0.468 e. The second-order valence-corrected chi connectivity index (χ2v) is 7.55. The Hall–Kier alpha value is -2.68. The Bertz CT molecular complexity index is 916. The van der Waals surface area contributed by atoms with E-state index in [4.69, 9.17) is 14.2 Å². The van der Waals surface area contributed by atoms with Gasteiger partial charge in [0.2, 0.25) is 0 Å². The number of nitrogens with zero attached hydrogens (tertiary/aromatic N) is 1. The summed E-state index contributed by atoms with van der Waals surface area (Å²) in [4.78, 5) is 29.9. The Morgan fingerprint density at radius 2 is 1.94 bits per heavy atom. The molecular weight excluding hydrogens is 415 g/mol. The first-order chi connectivity index (χ1) is 14.6. The van der Waals surface area contributed by atoms with Crippen LogP contribution in [0.4, 0.5) is 13.2 Å². The Morgan fingerprint density at radius 3 is 2.55 bits per heavy atom. The Morgan fingerprint density at radius 1 is 1.23 bits per heavy atom. The van der Waals surface area contributed by atoms with E-state index in [9.17, 15) is 22.8 Å². The number of carbonyl (C=O) groups is 2. The lowest BCUT2D eigenvalue weighted by Crippen LogP contribution is -2.37. The normalized spacial score (nSPS) is 24.1. The molecule has 9 heteroatoms. The number of ether oxygens (including phenoxy) is 3. The molecule has 1 fully saturated rings. The van der Waals surface area contributed by atoms with Gasteiger partial charge in [-0.1, -0.05) is 18.2 Å². The number of hydrogen-bond donors (Lipinski definition) is 0. The number of methoxy groups -OCH3 is 1. The molecule has 0 radical (unpaired) electrons. The molecule has 0 saturated carbocycles. The lowest BCUT2D eigenvalue weighted by Gasteiger charge is -2.32. The van der Waals surface area contributed by atoms with Crippen molar-refractivity contribution in [3.05, 3.63) is 46.7 Å². The van der Waals surface area contributed by atoms with E-state index in [0.717, 1.165) is 26.0 Å². The number of hydrogen-bond acceptors (Lipinski definition) is 6. The molecule has 31 heavy (non-hydrogen) atoms. The third-order valence-corrected chi connectivity index (χ3v) is 5.53. The fourth-order valence-corrected chi connectivity index (χ4v) is 4.12. The van der Waals surface area contributed by atoms with E-state index in [1.165, 1.54) is 32.0 Å². The van der Waals surface area contributed by atoms with Gasteiger partial charge in [-0.05, 0) is 38.3 Å². The van der Waals surface area contributed by atoms with Crippen LogP contribution < -0.4 is 0 Å². The average Bonchev–Trinajstić information content (AvgIpc) is 3.24. The number of halogens is 3. The van der Waals surface area contributed by atoms with Crippen molar-refractivity contribution in [1.29, 1.82) is 0 Å². The Balaban J connectivity index is 2.08. The molecule has 2 aliphatic heterocycles. The fourth-order valence-electron chi connectivity index (χ4n) is 4.12. The molecule has 0 amide bonds. The fraction of sp³-hybridized carbons (Fsp3) is 0.500. The topological polar surface area (TPSA) is 74.2 Å². The molecule has 2 aliphatic rings. The summed E-state index contributed by atoms with van der Waals surface area (Å²) in [5.41, 5.74) is -0.751. The molecule has 2 heterocycles. The number of carbonyl (C=O) groups excluding carboxylic acids is 2. The van der Waals surface area contributed by atoms with Crippen molar-refractivity contribution in [2.45, 2.75) is 44.9 Å². The van der Waals surface area contributed by atoms with Crippen LogP contribution in [0, 0.1) is 5.92 Å². The highest BCUT2D eigenvalue weighted by Crippen LogP contribution is 2.44. The zero-order valence-electron chi connectivity index (χ0n) is 17.5. The van der Waals surface area contributed by atoms with E-state index in [1.54, 1.807) is 0 Å². The molecule has 1 aromatic carbocycles. The van der Waals surface area contributed by atoms with Crippen molar-refractivity contribution >= 4 is 17.7 Å². The van der Waals surface area contributed by atoms with Crippen molar-refractivity contribution in [2.75, 3.05) is 20.3 Å². The van der Waals surface area contributed by atoms with Gasteiger partial charge in [0.1, 0.15) is 12.5 Å². The van der Waals surface area contributed by atoms with E-state index in [0.29, 0.717) is 6.61 Å². The summed E-state index contributed by atoms with van der Waals surface area (Å²) in [6.07, 6.45) is -3.36. The summed E-state index contributed by atoms with van der Waals surface area (Å²) in [6, 6.07) is 4.89. The highest BCUT2D eigenvalue weighted by atomic mass is 19.4. The van der Waals surface area contributed by atoms with Crippen LogP contribution in [0.1, 0.15) is 43.7 Å². The van der Waals surface area contributed by atoms with Crippen LogP contribution in [-0.2, 0) is 30.0 Å². The molecule has 6 nitrogen and oxygen atoms in total. The summed E-state index contributed by atoms with van der Waals surface area (Å²) in [7, 11) is 1.14. The molecule has 0 N–H and O–H groups in total. The Kier molecular flexibility index (Phi) is 6.83. The molecule has 0 bridgehead atoms. The minimum atomic E-state index is -4.68. The second-order valence-electron chi connectivity index (χ2n) is 7.55. The van der Waals surface area contributed by atoms with Crippen molar-refractivity contribution in [2.24, 2.45) is 10.9 Å². The summed E-state index contributed by atoms with van der Waals surface area (Å²) >= 11 is 0. The molecule has 0 aromatic heterocycles. The van der Waals surface area contributed by atoms with Crippen LogP contribution >= 0.6 is 0 Å². The predicted molar refractivity (Wildman–Crippen MR) is 105 cm³/mol. The molecule has 3 rings (SSSR count). The highest BCUT2D eigenvalue weighted by Gasteiger charge is 2.46. The van der Waals surface area contributed by atoms with Gasteiger partial charge in [-0.3, -0.25) is 9.79 Å². The quantitative estimate of drug-likeness (QED) is 0.648. The molecule has 1 saturated heterocycles. The minimum absolute atomic E-state index is 0.0190. The van der Waals surface area contributed by atoms with E-state index in [1.807, 2.05) is 0 Å². The van der Waals surface area contributed by atoms with Gasteiger partial charge in [-0.15, -0.1) is 0 Å². The predicted octanol–water partition coefficient (Wildman–Crippen LogP) is 4.05. The lowest BCUT2D eigenvalue weighted by molar-refractivity contribution is -0.146. The van der Waals surface area contributed by atoms with Crippen molar-refractivity contribution in [3.8, 4) is 0 Å². The van der Waals surface area contributed by atoms with Crippen molar-refractivity contribution in [3.63, 3.8) is 0 Å². The van der Waals surface area contributed by atoms with Crippen LogP contribution in [0.15, 0.2) is 40.5 Å². The molecule has 3 unspecified atom stereocenters. The first-order valence-corrected chi connectivity index (χ1v) is 9.93. The maximum absolute atomic E-state index is 13.8. The molecular formula is C22H24F3NO5. The SMILES string of the molecule is COC(=O)C1C(C)=NC(C)=C(C(=O)OCC2CCCO2)C1c1ccccc1C(F)(F)F. The van der Waals surface area contributed by atoms with E-state index >= 15 is 0 Å². The number of alkyl halides is 3. The van der Waals surface area contributed by atoms with Crippen LogP contribution in [0.25, 0.3) is 0 Å². The number of benzene rings is 1. The summed E-state index contributed by atoms with van der Waals surface area (Å²) in [6.45, 7) is 3.60. The largest absolute Gasteiger partial charge is 0.468 e. The van der Waals surface area contributed by atoms with E-state index < -0.39 is 35.5 Å². The number of esters is 2. The zero-order chi connectivity index (χ0) is 22.8. The number of allylic oxidation sites excluding steroid dienone is 1. The zero-order valence-corrected chi connectivity index (χ0v) is 17.5. The van der Waals surface area contributed by atoms with Gasteiger partial charge in [0, 0.05) is 23.9 Å². The second kappa shape index (κ2) is 9.21. The van der Waals surface area contributed by atoms with Crippen LogP contribution in [0.3, 0.4) is 0 Å². The Labute approximate surface area is 178 Å². The highest BCUT2D eigenvalue weighted by molar-refractivity contribution is 6.07. The van der Waals surface area contributed by atoms with Gasteiger partial charge in [0.15, 0.2) is 0 Å². The monoisotopic (exact) mass is 439 g/mol. The van der Waals surface area contributed by atoms with Gasteiger partial charge in [-0.2, -0.15) is 13.2 Å². The van der Waals surface area contributed by atoms with Crippen LogP contribution in [0.2, 0.25) is 0 Å².